The first-order valence-corrected chi connectivity index (χ1v) is 8.04. The number of ketones is 1. The number of hydrogen-bond acceptors (Lipinski definition) is 4. The Bertz CT molecular complexity index is 684. The van der Waals surface area contributed by atoms with E-state index in [2.05, 4.69) is 11.8 Å². The highest BCUT2D eigenvalue weighted by molar-refractivity contribution is 5.97. The molecule has 0 radical (unpaired) electrons. The second-order valence-corrected chi connectivity index (χ2v) is 6.57. The lowest BCUT2D eigenvalue weighted by Crippen LogP contribution is -2.30. The number of benzene rings is 1. The van der Waals surface area contributed by atoms with Crippen molar-refractivity contribution in [1.82, 2.24) is 0 Å². The highest BCUT2D eigenvalue weighted by atomic mass is 16.7. The van der Waals surface area contributed by atoms with Gasteiger partial charge in [0.1, 0.15) is 5.60 Å². The Labute approximate surface area is 142 Å². The molecule has 4 heteroatoms. The van der Waals surface area contributed by atoms with Crippen molar-refractivity contribution in [3.05, 3.63) is 47.5 Å². The number of allylic oxidation sites excluding steroid dienone is 1. The van der Waals surface area contributed by atoms with Gasteiger partial charge in [-0.05, 0) is 51.7 Å². The van der Waals surface area contributed by atoms with Crippen LogP contribution < -0.4 is 0 Å². The van der Waals surface area contributed by atoms with Gasteiger partial charge in [0.15, 0.2) is 11.9 Å². The molecule has 4 nitrogen and oxygen atoms in total. The highest BCUT2D eigenvalue weighted by Gasteiger charge is 2.27. The van der Waals surface area contributed by atoms with E-state index in [0.717, 1.165) is 18.4 Å². The fourth-order valence-electron chi connectivity index (χ4n) is 2.24. The van der Waals surface area contributed by atoms with E-state index in [9.17, 15) is 9.59 Å². The monoisotopic (exact) mass is 326 g/mol. The fourth-order valence-corrected chi connectivity index (χ4v) is 2.24. The molecule has 0 fully saturated rings. The second kappa shape index (κ2) is 7.83. The summed E-state index contributed by atoms with van der Waals surface area (Å²) in [5, 5.41) is 0. The number of rotatable bonds is 2. The summed E-state index contributed by atoms with van der Waals surface area (Å²) >= 11 is 0. The third-order valence-corrected chi connectivity index (χ3v) is 3.30. The third kappa shape index (κ3) is 5.58. The van der Waals surface area contributed by atoms with Crippen LogP contribution in [0.2, 0.25) is 0 Å². The summed E-state index contributed by atoms with van der Waals surface area (Å²) in [6.07, 6.45) is 2.12. The van der Waals surface area contributed by atoms with Crippen LogP contribution in [0, 0.1) is 11.8 Å². The Morgan fingerprint density at radius 2 is 1.92 bits per heavy atom. The van der Waals surface area contributed by atoms with Gasteiger partial charge < -0.3 is 9.47 Å². The third-order valence-electron chi connectivity index (χ3n) is 3.30. The van der Waals surface area contributed by atoms with Gasteiger partial charge in [-0.2, -0.15) is 0 Å². The quantitative estimate of drug-likeness (QED) is 0.608. The molecule has 1 aromatic rings. The van der Waals surface area contributed by atoms with E-state index in [1.165, 1.54) is 0 Å². The first-order valence-electron chi connectivity index (χ1n) is 8.04. The van der Waals surface area contributed by atoms with Gasteiger partial charge in [-0.1, -0.05) is 30.2 Å². The average Bonchev–Trinajstić information content (AvgIpc) is 2.51. The molecule has 0 heterocycles. The Balaban J connectivity index is 2.22. The van der Waals surface area contributed by atoms with Crippen molar-refractivity contribution in [2.75, 3.05) is 0 Å². The lowest BCUT2D eigenvalue weighted by Gasteiger charge is -2.22. The van der Waals surface area contributed by atoms with Gasteiger partial charge in [-0.3, -0.25) is 4.79 Å². The molecule has 1 aromatic carbocycles. The zero-order valence-corrected chi connectivity index (χ0v) is 14.3. The number of ether oxygens (including phenoxy) is 2. The normalized spacial score (nSPS) is 15.6. The standard InChI is InChI=1S/C20H22O4/c1-20(2,3)24-19(22)23-18(16-11-7-8-12-17(16)21)14-13-15-9-5-4-6-10-15/h4-6,9-11,18H,7-8,12H2,1-3H3. The van der Waals surface area contributed by atoms with E-state index in [0.29, 0.717) is 12.0 Å². The Morgan fingerprint density at radius 3 is 2.54 bits per heavy atom. The van der Waals surface area contributed by atoms with Crippen LogP contribution in [0.3, 0.4) is 0 Å². The van der Waals surface area contributed by atoms with E-state index in [1.54, 1.807) is 26.8 Å². The van der Waals surface area contributed by atoms with Crippen LogP contribution in [0.5, 0.6) is 0 Å². The van der Waals surface area contributed by atoms with Gasteiger partial charge in [0.05, 0.1) is 0 Å². The molecule has 1 atom stereocenters. The minimum atomic E-state index is -0.909. The first kappa shape index (κ1) is 17.8. The molecule has 0 N–H and O–H groups in total. The van der Waals surface area contributed by atoms with E-state index in [1.807, 2.05) is 30.3 Å². The Morgan fingerprint density at radius 1 is 1.21 bits per heavy atom. The largest absolute Gasteiger partial charge is 0.510 e. The Hall–Kier alpha value is -2.54. The number of Topliss-reactive ketones (excluding diaryl/α,β-unsaturated/α-hetero) is 1. The molecule has 0 spiro atoms. The lowest BCUT2D eigenvalue weighted by atomic mass is 9.94. The number of hydrogen-bond donors (Lipinski definition) is 0. The minimum absolute atomic E-state index is 0.0304. The van der Waals surface area contributed by atoms with Gasteiger partial charge in [-0.15, -0.1) is 0 Å². The van der Waals surface area contributed by atoms with E-state index >= 15 is 0 Å². The van der Waals surface area contributed by atoms with Crippen molar-refractivity contribution in [2.24, 2.45) is 0 Å². The second-order valence-electron chi connectivity index (χ2n) is 6.57. The van der Waals surface area contributed by atoms with Crippen molar-refractivity contribution >= 4 is 11.9 Å². The van der Waals surface area contributed by atoms with Crippen LogP contribution >= 0.6 is 0 Å². The van der Waals surface area contributed by atoms with Crippen LogP contribution in [0.25, 0.3) is 0 Å². The van der Waals surface area contributed by atoms with Crippen LogP contribution in [-0.2, 0) is 14.3 Å². The molecule has 0 bridgehead atoms. The van der Waals surface area contributed by atoms with E-state index < -0.39 is 17.9 Å². The van der Waals surface area contributed by atoms with Gasteiger partial charge in [0.25, 0.3) is 0 Å². The number of carbonyl (C=O) groups excluding carboxylic acids is 2. The smallest absolute Gasteiger partial charge is 0.429 e. The SMILES string of the molecule is CC(C)(C)OC(=O)OC(C#Cc1ccccc1)C1=CCCCC1=O. The molecular formula is C20H22O4. The summed E-state index contributed by atoms with van der Waals surface area (Å²) in [6.45, 7) is 5.26. The summed E-state index contributed by atoms with van der Waals surface area (Å²) in [5.41, 5.74) is 0.564. The molecule has 2 rings (SSSR count). The van der Waals surface area contributed by atoms with Crippen LogP contribution in [0.1, 0.15) is 45.6 Å². The molecule has 0 aliphatic heterocycles. The molecule has 126 valence electrons. The molecule has 1 aliphatic carbocycles. The number of carbonyl (C=O) groups is 2. The molecule has 24 heavy (non-hydrogen) atoms. The molecular weight excluding hydrogens is 304 g/mol. The Kier molecular flexibility index (Phi) is 5.81. The van der Waals surface area contributed by atoms with Crippen LogP contribution in [-0.4, -0.2) is 23.6 Å². The summed E-state index contributed by atoms with van der Waals surface area (Å²) in [6, 6.07) is 9.35. The zero-order valence-electron chi connectivity index (χ0n) is 14.3. The molecule has 0 amide bonds. The van der Waals surface area contributed by atoms with Gasteiger partial charge in [0.2, 0.25) is 0 Å². The van der Waals surface area contributed by atoms with Crippen molar-refractivity contribution in [3.63, 3.8) is 0 Å². The summed E-state index contributed by atoms with van der Waals surface area (Å²) in [5.74, 6) is 5.82. The van der Waals surface area contributed by atoms with E-state index in [-0.39, 0.29) is 5.78 Å². The summed E-state index contributed by atoms with van der Waals surface area (Å²) in [7, 11) is 0. The van der Waals surface area contributed by atoms with Crippen molar-refractivity contribution in [1.29, 1.82) is 0 Å². The summed E-state index contributed by atoms with van der Waals surface area (Å²) in [4.78, 5) is 24.1. The maximum atomic E-state index is 12.1. The van der Waals surface area contributed by atoms with Crippen molar-refractivity contribution in [2.45, 2.75) is 51.7 Å². The van der Waals surface area contributed by atoms with Crippen LogP contribution in [0.15, 0.2) is 42.0 Å². The summed E-state index contributed by atoms with van der Waals surface area (Å²) < 4.78 is 10.5. The maximum Gasteiger partial charge on any atom is 0.510 e. The maximum absolute atomic E-state index is 12.1. The fraction of sp³-hybridized carbons (Fsp3) is 0.400. The average molecular weight is 326 g/mol. The molecule has 0 saturated carbocycles. The molecule has 1 aliphatic rings. The molecule has 0 aromatic heterocycles. The molecule has 1 unspecified atom stereocenters. The predicted molar refractivity (Wildman–Crippen MR) is 91.4 cm³/mol. The van der Waals surface area contributed by atoms with Crippen LogP contribution in [0.4, 0.5) is 4.79 Å². The van der Waals surface area contributed by atoms with Crippen molar-refractivity contribution in [3.8, 4) is 11.8 Å². The first-order chi connectivity index (χ1) is 11.3. The van der Waals surface area contributed by atoms with Gasteiger partial charge >= 0.3 is 6.16 Å². The van der Waals surface area contributed by atoms with E-state index in [4.69, 9.17) is 9.47 Å². The van der Waals surface area contributed by atoms with Gasteiger partial charge in [-0.25, -0.2) is 4.79 Å². The van der Waals surface area contributed by atoms with Crippen molar-refractivity contribution < 1.29 is 19.1 Å². The predicted octanol–water partition coefficient (Wildman–Crippen LogP) is 4.04. The highest BCUT2D eigenvalue weighted by Crippen LogP contribution is 2.20. The zero-order chi connectivity index (χ0) is 17.6. The minimum Gasteiger partial charge on any atom is -0.429 e. The topological polar surface area (TPSA) is 52.6 Å². The van der Waals surface area contributed by atoms with Gasteiger partial charge in [0, 0.05) is 17.6 Å². The lowest BCUT2D eigenvalue weighted by molar-refractivity contribution is -0.116. The molecule has 0 saturated heterocycles.